The lowest BCUT2D eigenvalue weighted by molar-refractivity contribution is 0.472. The average Bonchev–Trinajstić information content (AvgIpc) is 2.42. The molecule has 2 aliphatic heterocycles. The van der Waals surface area contributed by atoms with E-state index in [1.165, 1.54) is 38.5 Å². The van der Waals surface area contributed by atoms with Crippen molar-refractivity contribution in [2.45, 2.75) is 57.5 Å². The molecule has 0 aromatic heterocycles. The second-order valence-electron chi connectivity index (χ2n) is 4.20. The summed E-state index contributed by atoms with van der Waals surface area (Å²) in [7, 11) is 0. The minimum Gasteiger partial charge on any atom is -0.311 e. The summed E-state index contributed by atoms with van der Waals surface area (Å²) in [6.45, 7) is 2.26. The molecular formula is C11H19N. The lowest BCUT2D eigenvalue weighted by Crippen LogP contribution is -2.34. The first-order valence-electron chi connectivity index (χ1n) is 5.32. The van der Waals surface area contributed by atoms with Crippen molar-refractivity contribution in [1.29, 1.82) is 0 Å². The standard InChI is InChI=1S/C11H19N/c1-2-3-4-9-7-10-5-6-11(8-9)12-10/h4,10-12H,2-3,5-8H2,1H3. The summed E-state index contributed by atoms with van der Waals surface area (Å²) >= 11 is 0. The van der Waals surface area contributed by atoms with Crippen molar-refractivity contribution in [2.75, 3.05) is 0 Å². The van der Waals surface area contributed by atoms with Gasteiger partial charge in [0.15, 0.2) is 0 Å². The van der Waals surface area contributed by atoms with Gasteiger partial charge in [-0.15, -0.1) is 0 Å². The number of allylic oxidation sites excluding steroid dienone is 1. The maximum Gasteiger partial charge on any atom is 0.0107 e. The van der Waals surface area contributed by atoms with Gasteiger partial charge in [0.05, 0.1) is 0 Å². The van der Waals surface area contributed by atoms with E-state index in [0.29, 0.717) is 0 Å². The number of nitrogens with one attached hydrogen (secondary N) is 1. The maximum absolute atomic E-state index is 3.66. The molecule has 2 bridgehead atoms. The Hall–Kier alpha value is -0.300. The Morgan fingerprint density at radius 1 is 1.33 bits per heavy atom. The van der Waals surface area contributed by atoms with Gasteiger partial charge in [-0.25, -0.2) is 0 Å². The van der Waals surface area contributed by atoms with Crippen molar-refractivity contribution < 1.29 is 0 Å². The third kappa shape index (κ3) is 1.71. The van der Waals surface area contributed by atoms with E-state index >= 15 is 0 Å². The Balaban J connectivity index is 1.93. The number of piperidine rings is 1. The molecule has 68 valence electrons. The highest BCUT2D eigenvalue weighted by Crippen LogP contribution is 2.30. The average molecular weight is 165 g/mol. The Morgan fingerprint density at radius 3 is 2.58 bits per heavy atom. The van der Waals surface area contributed by atoms with Gasteiger partial charge in [-0.2, -0.15) is 0 Å². The summed E-state index contributed by atoms with van der Waals surface area (Å²) in [5.74, 6) is 0. The van der Waals surface area contributed by atoms with E-state index in [4.69, 9.17) is 0 Å². The molecule has 2 heterocycles. The molecule has 0 aromatic carbocycles. The molecule has 0 aromatic rings. The fraction of sp³-hybridized carbons (Fsp3) is 0.818. The first-order valence-corrected chi connectivity index (χ1v) is 5.32. The van der Waals surface area contributed by atoms with Crippen LogP contribution in [0, 0.1) is 0 Å². The zero-order chi connectivity index (χ0) is 8.39. The third-order valence-electron chi connectivity index (χ3n) is 3.07. The van der Waals surface area contributed by atoms with Gasteiger partial charge in [0, 0.05) is 12.1 Å². The molecule has 2 rings (SSSR count). The minimum absolute atomic E-state index is 0.826. The van der Waals surface area contributed by atoms with Crippen molar-refractivity contribution in [3.63, 3.8) is 0 Å². The van der Waals surface area contributed by atoms with E-state index in [1.807, 2.05) is 0 Å². The van der Waals surface area contributed by atoms with Crippen LogP contribution in [0.3, 0.4) is 0 Å². The molecule has 2 unspecified atom stereocenters. The SMILES string of the molecule is CCCC=C1CC2CCC(C1)N2. The second-order valence-corrected chi connectivity index (χ2v) is 4.20. The molecule has 2 aliphatic rings. The molecular weight excluding hydrogens is 146 g/mol. The highest BCUT2D eigenvalue weighted by molar-refractivity contribution is 5.13. The first kappa shape index (κ1) is 8.31. The van der Waals surface area contributed by atoms with Crippen molar-refractivity contribution in [3.8, 4) is 0 Å². The lowest BCUT2D eigenvalue weighted by Gasteiger charge is -2.23. The van der Waals surface area contributed by atoms with Gasteiger partial charge < -0.3 is 5.32 Å². The number of hydrogen-bond acceptors (Lipinski definition) is 1. The summed E-state index contributed by atoms with van der Waals surface area (Å²) in [5, 5.41) is 3.66. The first-order chi connectivity index (χ1) is 5.88. The summed E-state index contributed by atoms with van der Waals surface area (Å²) in [6, 6.07) is 1.65. The number of hydrogen-bond donors (Lipinski definition) is 1. The Morgan fingerprint density at radius 2 is 2.00 bits per heavy atom. The highest BCUT2D eigenvalue weighted by Gasteiger charge is 2.29. The highest BCUT2D eigenvalue weighted by atomic mass is 15.0. The second kappa shape index (κ2) is 3.61. The topological polar surface area (TPSA) is 12.0 Å². The number of rotatable bonds is 2. The van der Waals surface area contributed by atoms with Crippen LogP contribution in [0.4, 0.5) is 0 Å². The predicted molar refractivity (Wildman–Crippen MR) is 52.2 cm³/mol. The van der Waals surface area contributed by atoms with Crippen molar-refractivity contribution in [2.24, 2.45) is 0 Å². The van der Waals surface area contributed by atoms with Crippen LogP contribution in [0.5, 0.6) is 0 Å². The molecule has 1 heteroatoms. The van der Waals surface area contributed by atoms with Crippen LogP contribution in [-0.4, -0.2) is 12.1 Å². The lowest BCUT2D eigenvalue weighted by atomic mass is 9.98. The number of unbranched alkanes of at least 4 members (excludes halogenated alkanes) is 1. The summed E-state index contributed by atoms with van der Waals surface area (Å²) in [4.78, 5) is 0. The van der Waals surface area contributed by atoms with Crippen LogP contribution in [0.15, 0.2) is 11.6 Å². The van der Waals surface area contributed by atoms with Crippen LogP contribution >= 0.6 is 0 Å². The molecule has 0 spiro atoms. The Labute approximate surface area is 75.2 Å². The van der Waals surface area contributed by atoms with Crippen molar-refractivity contribution in [1.82, 2.24) is 5.32 Å². The van der Waals surface area contributed by atoms with E-state index < -0.39 is 0 Å². The molecule has 2 saturated heterocycles. The fourth-order valence-corrected chi connectivity index (χ4v) is 2.46. The monoisotopic (exact) mass is 165 g/mol. The molecule has 12 heavy (non-hydrogen) atoms. The van der Waals surface area contributed by atoms with Gasteiger partial charge in [-0.05, 0) is 32.1 Å². The van der Waals surface area contributed by atoms with E-state index in [-0.39, 0.29) is 0 Å². The van der Waals surface area contributed by atoms with Gasteiger partial charge in [0.2, 0.25) is 0 Å². The van der Waals surface area contributed by atoms with Crippen LogP contribution in [0.1, 0.15) is 45.4 Å². The van der Waals surface area contributed by atoms with Crippen LogP contribution in [-0.2, 0) is 0 Å². The van der Waals surface area contributed by atoms with E-state index in [1.54, 1.807) is 5.57 Å². The summed E-state index contributed by atoms with van der Waals surface area (Å²) < 4.78 is 0. The smallest absolute Gasteiger partial charge is 0.0107 e. The quantitative estimate of drug-likeness (QED) is 0.620. The molecule has 0 radical (unpaired) electrons. The fourth-order valence-electron chi connectivity index (χ4n) is 2.46. The van der Waals surface area contributed by atoms with E-state index in [9.17, 15) is 0 Å². The molecule has 0 saturated carbocycles. The zero-order valence-corrected chi connectivity index (χ0v) is 7.97. The van der Waals surface area contributed by atoms with Gasteiger partial charge in [0.25, 0.3) is 0 Å². The maximum atomic E-state index is 3.66. The van der Waals surface area contributed by atoms with Crippen molar-refractivity contribution >= 4 is 0 Å². The van der Waals surface area contributed by atoms with Crippen molar-refractivity contribution in [3.05, 3.63) is 11.6 Å². The van der Waals surface area contributed by atoms with Gasteiger partial charge in [-0.3, -0.25) is 0 Å². The van der Waals surface area contributed by atoms with E-state index in [2.05, 4.69) is 18.3 Å². The van der Waals surface area contributed by atoms with Gasteiger partial charge in [-0.1, -0.05) is 25.0 Å². The van der Waals surface area contributed by atoms with Crippen LogP contribution in [0.25, 0.3) is 0 Å². The Bertz CT molecular complexity index is 169. The Kier molecular flexibility index (Phi) is 2.50. The molecule has 0 amide bonds. The normalized spacial score (nSPS) is 33.9. The van der Waals surface area contributed by atoms with Crippen LogP contribution in [0.2, 0.25) is 0 Å². The molecule has 2 atom stereocenters. The summed E-state index contributed by atoms with van der Waals surface area (Å²) in [5.41, 5.74) is 1.73. The third-order valence-corrected chi connectivity index (χ3v) is 3.07. The molecule has 2 fully saturated rings. The molecule has 0 aliphatic carbocycles. The van der Waals surface area contributed by atoms with Gasteiger partial charge >= 0.3 is 0 Å². The molecule has 1 N–H and O–H groups in total. The van der Waals surface area contributed by atoms with Gasteiger partial charge in [0.1, 0.15) is 0 Å². The molecule has 1 nitrogen and oxygen atoms in total. The predicted octanol–water partition coefficient (Wildman–Crippen LogP) is 2.63. The largest absolute Gasteiger partial charge is 0.311 e. The zero-order valence-electron chi connectivity index (χ0n) is 7.97. The van der Waals surface area contributed by atoms with E-state index in [0.717, 1.165) is 12.1 Å². The number of fused-ring (bicyclic) bond motifs is 2. The minimum atomic E-state index is 0.826. The van der Waals surface area contributed by atoms with Crippen LogP contribution < -0.4 is 5.32 Å². The summed E-state index contributed by atoms with van der Waals surface area (Å²) in [6.07, 6.45) is 10.5.